The zero-order valence-corrected chi connectivity index (χ0v) is 17.8. The van der Waals surface area contributed by atoms with Gasteiger partial charge in [-0.3, -0.25) is 9.59 Å². The van der Waals surface area contributed by atoms with Gasteiger partial charge in [-0.1, -0.05) is 29.8 Å². The van der Waals surface area contributed by atoms with Crippen LogP contribution in [0, 0.1) is 6.92 Å². The van der Waals surface area contributed by atoms with Gasteiger partial charge in [0.05, 0.1) is 23.6 Å². The Kier molecular flexibility index (Phi) is 4.90. The summed E-state index contributed by atoms with van der Waals surface area (Å²) in [7, 11) is 1.56. The van der Waals surface area contributed by atoms with Gasteiger partial charge in [0.2, 0.25) is 12.2 Å². The van der Waals surface area contributed by atoms with Crippen LogP contribution in [0.3, 0.4) is 0 Å². The minimum absolute atomic E-state index is 0.106. The Morgan fingerprint density at radius 1 is 1.03 bits per heavy atom. The zero-order chi connectivity index (χ0) is 22.2. The summed E-state index contributed by atoms with van der Waals surface area (Å²) in [5, 5.41) is 0.418. The molecule has 6 heteroatoms. The van der Waals surface area contributed by atoms with Gasteiger partial charge < -0.3 is 18.8 Å². The molecule has 0 bridgehead atoms. The van der Waals surface area contributed by atoms with Gasteiger partial charge >= 0.3 is 0 Å². The maximum atomic E-state index is 13.4. The number of aryl methyl sites for hydroxylation is 1. The molecule has 0 N–H and O–H groups in total. The number of ether oxygens (including phenoxy) is 3. The van der Waals surface area contributed by atoms with E-state index in [0.29, 0.717) is 40.3 Å². The lowest BCUT2D eigenvalue weighted by molar-refractivity contribution is 0.103. The molecule has 5 rings (SSSR count). The number of methoxy groups -OCH3 is 1. The summed E-state index contributed by atoms with van der Waals surface area (Å²) in [5.41, 5.74) is 3.08. The molecule has 0 atom stereocenters. The van der Waals surface area contributed by atoms with Gasteiger partial charge in [-0.05, 0) is 42.8 Å². The number of aromatic nitrogens is 1. The van der Waals surface area contributed by atoms with Crippen molar-refractivity contribution in [1.29, 1.82) is 0 Å². The quantitative estimate of drug-likeness (QED) is 0.444. The minimum Gasteiger partial charge on any atom is -0.497 e. The Morgan fingerprint density at radius 3 is 2.50 bits per heavy atom. The molecule has 1 aromatic heterocycles. The molecule has 0 saturated heterocycles. The number of ketones is 1. The maximum absolute atomic E-state index is 13.4. The Labute approximate surface area is 184 Å². The van der Waals surface area contributed by atoms with Crippen molar-refractivity contribution in [2.24, 2.45) is 0 Å². The van der Waals surface area contributed by atoms with E-state index in [0.717, 1.165) is 11.1 Å². The van der Waals surface area contributed by atoms with E-state index in [4.69, 9.17) is 14.2 Å². The van der Waals surface area contributed by atoms with Crippen LogP contribution in [0.4, 0.5) is 0 Å². The predicted molar refractivity (Wildman–Crippen MR) is 121 cm³/mol. The molecule has 0 fully saturated rings. The van der Waals surface area contributed by atoms with E-state index in [-0.39, 0.29) is 23.6 Å². The number of carbonyl (C=O) groups is 1. The molecular weight excluding hydrogens is 406 g/mol. The van der Waals surface area contributed by atoms with Crippen molar-refractivity contribution in [3.05, 3.63) is 99.3 Å². The number of carbonyl (C=O) groups excluding carboxylic acids is 1. The highest BCUT2D eigenvalue weighted by molar-refractivity contribution is 6.10. The van der Waals surface area contributed by atoms with Crippen molar-refractivity contribution in [1.82, 2.24) is 4.57 Å². The van der Waals surface area contributed by atoms with Gasteiger partial charge in [0.1, 0.15) is 5.75 Å². The molecule has 2 heterocycles. The van der Waals surface area contributed by atoms with E-state index in [1.54, 1.807) is 49.7 Å². The zero-order valence-electron chi connectivity index (χ0n) is 17.8. The Bertz CT molecular complexity index is 1400. The van der Waals surface area contributed by atoms with Crippen LogP contribution in [-0.2, 0) is 6.54 Å². The predicted octanol–water partition coefficient (Wildman–Crippen LogP) is 4.33. The Morgan fingerprint density at radius 2 is 1.78 bits per heavy atom. The highest BCUT2D eigenvalue weighted by atomic mass is 16.7. The number of rotatable bonds is 5. The Hall–Kier alpha value is -4.06. The van der Waals surface area contributed by atoms with Crippen LogP contribution in [0.5, 0.6) is 17.2 Å². The maximum Gasteiger partial charge on any atom is 0.231 e. The fraction of sp³-hybridized carbons (Fsp3) is 0.154. The normalized spacial score (nSPS) is 12.2. The van der Waals surface area contributed by atoms with Crippen LogP contribution in [-0.4, -0.2) is 24.3 Å². The van der Waals surface area contributed by atoms with Gasteiger partial charge in [0.25, 0.3) is 0 Å². The van der Waals surface area contributed by atoms with Gasteiger partial charge in [-0.25, -0.2) is 0 Å². The standard InChI is InChI=1S/C26H21NO5/c1-16-4-3-5-17(10-16)13-27-14-21(25(28)18-6-8-19(30-2)9-7-18)26(29)20-11-23-24(12-22(20)27)32-15-31-23/h3-12,14H,13,15H2,1-2H3. The van der Waals surface area contributed by atoms with Crippen molar-refractivity contribution in [3.8, 4) is 17.2 Å². The van der Waals surface area contributed by atoms with Crippen LogP contribution in [0.2, 0.25) is 0 Å². The molecule has 0 radical (unpaired) electrons. The molecule has 6 nitrogen and oxygen atoms in total. The molecule has 0 saturated carbocycles. The van der Waals surface area contributed by atoms with Crippen molar-refractivity contribution < 1.29 is 19.0 Å². The SMILES string of the molecule is COc1ccc(C(=O)c2cn(Cc3cccc(C)c3)c3cc4c(cc3c2=O)OCO4)cc1. The third-order valence-corrected chi connectivity index (χ3v) is 5.61. The topological polar surface area (TPSA) is 66.8 Å². The molecule has 160 valence electrons. The third-order valence-electron chi connectivity index (χ3n) is 5.61. The minimum atomic E-state index is -0.338. The third kappa shape index (κ3) is 3.50. The second-order valence-electron chi connectivity index (χ2n) is 7.77. The average Bonchev–Trinajstić information content (AvgIpc) is 3.27. The summed E-state index contributed by atoms with van der Waals surface area (Å²) in [6.07, 6.45) is 1.64. The molecule has 4 aromatic rings. The van der Waals surface area contributed by atoms with Crippen LogP contribution in [0.15, 0.2) is 71.7 Å². The van der Waals surface area contributed by atoms with E-state index in [1.165, 1.54) is 0 Å². The highest BCUT2D eigenvalue weighted by Gasteiger charge is 2.22. The summed E-state index contributed by atoms with van der Waals surface area (Å²) >= 11 is 0. The largest absolute Gasteiger partial charge is 0.497 e. The van der Waals surface area contributed by atoms with E-state index < -0.39 is 0 Å². The lowest BCUT2D eigenvalue weighted by Gasteiger charge is -2.15. The van der Waals surface area contributed by atoms with E-state index >= 15 is 0 Å². The fourth-order valence-corrected chi connectivity index (χ4v) is 3.98. The molecule has 1 aliphatic rings. The molecular formula is C26H21NO5. The Balaban J connectivity index is 1.69. The second kappa shape index (κ2) is 7.89. The number of hydrogen-bond donors (Lipinski definition) is 0. The molecule has 0 spiro atoms. The van der Waals surface area contributed by atoms with Crippen LogP contribution in [0.25, 0.3) is 10.9 Å². The number of benzene rings is 3. The first kappa shape index (κ1) is 19.9. The van der Waals surface area contributed by atoms with Crippen molar-refractivity contribution in [3.63, 3.8) is 0 Å². The summed E-state index contributed by atoms with van der Waals surface area (Å²) in [6.45, 7) is 2.64. The molecule has 3 aromatic carbocycles. The smallest absolute Gasteiger partial charge is 0.231 e. The first-order chi connectivity index (χ1) is 15.5. The van der Waals surface area contributed by atoms with Crippen molar-refractivity contribution >= 4 is 16.7 Å². The fourth-order valence-electron chi connectivity index (χ4n) is 3.98. The van der Waals surface area contributed by atoms with E-state index in [2.05, 4.69) is 6.07 Å². The van der Waals surface area contributed by atoms with Gasteiger partial charge in [0.15, 0.2) is 17.3 Å². The molecule has 32 heavy (non-hydrogen) atoms. The van der Waals surface area contributed by atoms with Crippen molar-refractivity contribution in [2.75, 3.05) is 13.9 Å². The van der Waals surface area contributed by atoms with Crippen LogP contribution in [0.1, 0.15) is 27.0 Å². The van der Waals surface area contributed by atoms with Crippen LogP contribution >= 0.6 is 0 Å². The average molecular weight is 427 g/mol. The monoisotopic (exact) mass is 427 g/mol. The summed E-state index contributed by atoms with van der Waals surface area (Å²) in [4.78, 5) is 26.7. The highest BCUT2D eigenvalue weighted by Crippen LogP contribution is 2.35. The van der Waals surface area contributed by atoms with E-state index in [9.17, 15) is 9.59 Å². The van der Waals surface area contributed by atoms with Gasteiger partial charge in [-0.15, -0.1) is 0 Å². The lowest BCUT2D eigenvalue weighted by Crippen LogP contribution is -2.20. The molecule has 0 unspecified atom stereocenters. The summed E-state index contributed by atoms with van der Waals surface area (Å²) < 4.78 is 18.1. The van der Waals surface area contributed by atoms with E-state index in [1.807, 2.05) is 29.7 Å². The number of nitrogens with zero attached hydrogens (tertiary/aromatic N) is 1. The molecule has 1 aliphatic heterocycles. The molecule has 0 amide bonds. The first-order valence-electron chi connectivity index (χ1n) is 10.2. The summed E-state index contributed by atoms with van der Waals surface area (Å²) in [5.74, 6) is 1.40. The van der Waals surface area contributed by atoms with Crippen molar-refractivity contribution in [2.45, 2.75) is 13.5 Å². The first-order valence-corrected chi connectivity index (χ1v) is 10.2. The number of fused-ring (bicyclic) bond motifs is 2. The summed E-state index contributed by atoms with van der Waals surface area (Å²) in [6, 6.07) is 18.3. The number of pyridine rings is 1. The number of hydrogen-bond acceptors (Lipinski definition) is 5. The second-order valence-corrected chi connectivity index (χ2v) is 7.77. The molecule has 0 aliphatic carbocycles. The lowest BCUT2D eigenvalue weighted by atomic mass is 10.0. The van der Waals surface area contributed by atoms with Crippen LogP contribution < -0.4 is 19.6 Å². The van der Waals surface area contributed by atoms with Gasteiger partial charge in [0, 0.05) is 24.4 Å². The van der Waals surface area contributed by atoms with Gasteiger partial charge in [-0.2, -0.15) is 0 Å².